The lowest BCUT2D eigenvalue weighted by Gasteiger charge is -2.00. The van der Waals surface area contributed by atoms with Crippen LogP contribution in [-0.2, 0) is 13.5 Å². The molecule has 1 heterocycles. The quantitative estimate of drug-likeness (QED) is 0.646. The zero-order chi connectivity index (χ0) is 12.4. The number of fused-ring (bicyclic) bond motifs is 1. The molecule has 89 valence electrons. The summed E-state index contributed by atoms with van der Waals surface area (Å²) < 4.78 is 2.19. The first-order chi connectivity index (χ1) is 8.84. The van der Waals surface area contributed by atoms with Crippen LogP contribution in [0.3, 0.4) is 0 Å². The van der Waals surface area contributed by atoms with Crippen LogP contribution in [0.4, 0.5) is 0 Å². The summed E-state index contributed by atoms with van der Waals surface area (Å²) in [5.41, 5.74) is 3.96. The van der Waals surface area contributed by atoms with Gasteiger partial charge in [0.05, 0.1) is 0 Å². The van der Waals surface area contributed by atoms with Gasteiger partial charge in [0, 0.05) is 24.1 Å². The second kappa shape index (κ2) is 4.69. The van der Waals surface area contributed by atoms with Gasteiger partial charge in [0.25, 0.3) is 0 Å². The summed E-state index contributed by atoms with van der Waals surface area (Å²) in [6.07, 6.45) is 5.49. The molecule has 18 heavy (non-hydrogen) atoms. The van der Waals surface area contributed by atoms with Crippen LogP contribution >= 0.6 is 0 Å². The second-order valence-corrected chi connectivity index (χ2v) is 4.61. The Hall–Kier alpha value is -2.02. The molecular formula is C17H16N. The maximum absolute atomic E-state index is 2.30. The number of aromatic nitrogens is 1. The summed E-state index contributed by atoms with van der Waals surface area (Å²) >= 11 is 0. The molecule has 3 rings (SSSR count). The molecule has 0 unspecified atom stereocenters. The van der Waals surface area contributed by atoms with Crippen molar-refractivity contribution in [1.82, 2.24) is 4.57 Å². The Kier molecular flexibility index (Phi) is 2.89. The van der Waals surface area contributed by atoms with Crippen molar-refractivity contribution in [3.05, 3.63) is 78.3 Å². The van der Waals surface area contributed by atoms with Gasteiger partial charge in [0.15, 0.2) is 0 Å². The Bertz CT molecular complexity index is 650. The molecule has 0 aliphatic heterocycles. The molecule has 1 heteroatoms. The van der Waals surface area contributed by atoms with Gasteiger partial charge in [-0.2, -0.15) is 0 Å². The number of aryl methyl sites for hydroxylation is 1. The molecule has 0 N–H and O–H groups in total. The van der Waals surface area contributed by atoms with E-state index in [1.54, 1.807) is 0 Å². The van der Waals surface area contributed by atoms with E-state index in [9.17, 15) is 0 Å². The first-order valence-corrected chi connectivity index (χ1v) is 6.26. The molecule has 1 nitrogen and oxygen atoms in total. The predicted octanol–water partition coefficient (Wildman–Crippen LogP) is 3.97. The Balaban J connectivity index is 1.87. The molecule has 0 bridgehead atoms. The first kappa shape index (κ1) is 11.1. The van der Waals surface area contributed by atoms with E-state index in [1.165, 1.54) is 22.0 Å². The van der Waals surface area contributed by atoms with Crippen LogP contribution in [0.15, 0.2) is 60.8 Å². The molecule has 0 amide bonds. The lowest BCUT2D eigenvalue weighted by atomic mass is 10.0. The maximum Gasteiger partial charge on any atom is 0.0480 e. The summed E-state index contributed by atoms with van der Waals surface area (Å²) in [6, 6.07) is 19.1. The number of hydrogen-bond donors (Lipinski definition) is 0. The molecule has 0 saturated carbocycles. The fourth-order valence-corrected chi connectivity index (χ4v) is 2.38. The summed E-state index contributed by atoms with van der Waals surface area (Å²) in [6.45, 7) is 0. The highest BCUT2D eigenvalue weighted by Crippen LogP contribution is 2.22. The van der Waals surface area contributed by atoms with Crippen LogP contribution in [0.5, 0.6) is 0 Å². The lowest BCUT2D eigenvalue weighted by molar-refractivity contribution is 0.962. The maximum atomic E-state index is 2.30. The standard InChI is InChI=1S/C17H16N/c1-18-13-15(16-9-5-6-10-17(16)18)12-11-14-7-3-2-4-8-14/h2-10,12-13H,11H2,1H3. The number of para-hydroxylation sites is 1. The van der Waals surface area contributed by atoms with Crippen LogP contribution in [0, 0.1) is 6.42 Å². The van der Waals surface area contributed by atoms with Crippen LogP contribution in [0.1, 0.15) is 11.1 Å². The van der Waals surface area contributed by atoms with Gasteiger partial charge in [-0.3, -0.25) is 0 Å². The Morgan fingerprint density at radius 3 is 2.50 bits per heavy atom. The van der Waals surface area contributed by atoms with Crippen LogP contribution in [0.25, 0.3) is 10.9 Å². The molecule has 1 aromatic heterocycles. The summed E-state index contributed by atoms with van der Waals surface area (Å²) in [5, 5.41) is 1.33. The Morgan fingerprint density at radius 1 is 0.944 bits per heavy atom. The van der Waals surface area contributed by atoms with E-state index in [4.69, 9.17) is 0 Å². The molecule has 0 atom stereocenters. The smallest absolute Gasteiger partial charge is 0.0480 e. The third kappa shape index (κ3) is 2.04. The number of hydrogen-bond acceptors (Lipinski definition) is 0. The minimum Gasteiger partial charge on any atom is -0.350 e. The van der Waals surface area contributed by atoms with Crippen molar-refractivity contribution in [3.63, 3.8) is 0 Å². The van der Waals surface area contributed by atoms with E-state index in [0.717, 1.165) is 6.42 Å². The molecule has 0 saturated heterocycles. The van der Waals surface area contributed by atoms with Gasteiger partial charge >= 0.3 is 0 Å². The highest BCUT2D eigenvalue weighted by Gasteiger charge is 2.05. The summed E-state index contributed by atoms with van der Waals surface area (Å²) in [5.74, 6) is 0. The molecular weight excluding hydrogens is 218 g/mol. The van der Waals surface area contributed by atoms with Gasteiger partial charge in [-0.05, 0) is 30.0 Å². The summed E-state index contributed by atoms with van der Waals surface area (Å²) in [7, 11) is 2.10. The van der Waals surface area contributed by atoms with E-state index in [-0.39, 0.29) is 0 Å². The average Bonchev–Trinajstić information content (AvgIpc) is 2.75. The highest BCUT2D eigenvalue weighted by atomic mass is 14.9. The fourth-order valence-electron chi connectivity index (χ4n) is 2.38. The van der Waals surface area contributed by atoms with Crippen LogP contribution in [-0.4, -0.2) is 4.57 Å². The van der Waals surface area contributed by atoms with E-state index < -0.39 is 0 Å². The van der Waals surface area contributed by atoms with Crippen molar-refractivity contribution >= 4 is 10.9 Å². The first-order valence-electron chi connectivity index (χ1n) is 6.26. The molecule has 3 aromatic rings. The molecule has 0 spiro atoms. The van der Waals surface area contributed by atoms with Crippen molar-refractivity contribution < 1.29 is 0 Å². The van der Waals surface area contributed by atoms with E-state index in [1.807, 2.05) is 0 Å². The third-order valence-corrected chi connectivity index (χ3v) is 3.33. The number of benzene rings is 2. The van der Waals surface area contributed by atoms with Crippen molar-refractivity contribution in [1.29, 1.82) is 0 Å². The van der Waals surface area contributed by atoms with Crippen molar-refractivity contribution in [2.45, 2.75) is 6.42 Å². The van der Waals surface area contributed by atoms with Gasteiger partial charge in [-0.15, -0.1) is 0 Å². The van der Waals surface area contributed by atoms with Gasteiger partial charge in [-0.25, -0.2) is 0 Å². The van der Waals surface area contributed by atoms with E-state index in [2.05, 4.69) is 78.8 Å². The van der Waals surface area contributed by atoms with Crippen molar-refractivity contribution in [3.8, 4) is 0 Å². The van der Waals surface area contributed by atoms with Gasteiger partial charge in [0.1, 0.15) is 0 Å². The Labute approximate surface area is 108 Å². The van der Waals surface area contributed by atoms with Crippen LogP contribution < -0.4 is 0 Å². The molecule has 1 radical (unpaired) electrons. The van der Waals surface area contributed by atoms with Gasteiger partial charge < -0.3 is 4.57 Å². The Morgan fingerprint density at radius 2 is 1.67 bits per heavy atom. The highest BCUT2D eigenvalue weighted by molar-refractivity contribution is 5.85. The number of nitrogens with zero attached hydrogens (tertiary/aromatic N) is 1. The molecule has 0 aliphatic rings. The van der Waals surface area contributed by atoms with Gasteiger partial charge in [0.2, 0.25) is 0 Å². The normalized spacial score (nSPS) is 10.9. The van der Waals surface area contributed by atoms with Gasteiger partial charge in [-0.1, -0.05) is 48.5 Å². The predicted molar refractivity (Wildman–Crippen MR) is 76.5 cm³/mol. The van der Waals surface area contributed by atoms with Crippen molar-refractivity contribution in [2.24, 2.45) is 7.05 Å². The molecule has 0 aliphatic carbocycles. The zero-order valence-corrected chi connectivity index (χ0v) is 10.5. The van der Waals surface area contributed by atoms with Crippen LogP contribution in [0.2, 0.25) is 0 Å². The zero-order valence-electron chi connectivity index (χ0n) is 10.5. The topological polar surface area (TPSA) is 4.93 Å². The fraction of sp³-hybridized carbons (Fsp3) is 0.118. The SMILES string of the molecule is Cn1cc([CH]Cc2ccccc2)c2ccccc21. The number of rotatable bonds is 3. The largest absolute Gasteiger partial charge is 0.350 e. The summed E-state index contributed by atoms with van der Waals surface area (Å²) in [4.78, 5) is 0. The van der Waals surface area contributed by atoms with E-state index in [0.29, 0.717) is 0 Å². The van der Waals surface area contributed by atoms with E-state index >= 15 is 0 Å². The monoisotopic (exact) mass is 234 g/mol. The second-order valence-electron chi connectivity index (χ2n) is 4.61. The average molecular weight is 234 g/mol. The minimum atomic E-state index is 0.981. The minimum absolute atomic E-state index is 0.981. The molecule has 0 fully saturated rings. The molecule has 2 aromatic carbocycles. The van der Waals surface area contributed by atoms with Crippen molar-refractivity contribution in [2.75, 3.05) is 0 Å². The lowest BCUT2D eigenvalue weighted by Crippen LogP contribution is -1.87. The third-order valence-electron chi connectivity index (χ3n) is 3.33.